The molecule has 43 heavy (non-hydrogen) atoms. The topological polar surface area (TPSA) is 130 Å². The number of nitrogens with two attached hydrogens (primary N) is 1. The van der Waals surface area contributed by atoms with Gasteiger partial charge < -0.3 is 25.6 Å². The molecular weight excluding hydrogens is 564 g/mol. The van der Waals surface area contributed by atoms with Gasteiger partial charge in [0.2, 0.25) is 5.91 Å². The van der Waals surface area contributed by atoms with Gasteiger partial charge in [0.15, 0.2) is 9.84 Å². The Bertz CT molecular complexity index is 1500. The summed E-state index contributed by atoms with van der Waals surface area (Å²) in [5, 5.41) is 19.8. The molecule has 1 aliphatic heterocycles. The van der Waals surface area contributed by atoms with E-state index in [0.29, 0.717) is 42.9 Å². The van der Waals surface area contributed by atoms with Crippen LogP contribution in [0, 0.1) is 11.8 Å². The number of nitrogens with zero attached hydrogens (tertiary/aromatic N) is 1. The summed E-state index contributed by atoms with van der Waals surface area (Å²) in [6.45, 7) is 11.6. The lowest BCUT2D eigenvalue weighted by molar-refractivity contribution is 0.0460. The van der Waals surface area contributed by atoms with Crippen molar-refractivity contribution in [3.05, 3.63) is 84.5 Å². The van der Waals surface area contributed by atoms with Crippen molar-refractivity contribution in [1.82, 2.24) is 0 Å². The highest BCUT2D eigenvalue weighted by Gasteiger charge is 2.56. The molecule has 1 spiro atoms. The quantitative estimate of drug-likeness (QED) is 0.349. The first-order chi connectivity index (χ1) is 20.3. The number of aryl methyl sites for hydroxylation is 1. The Morgan fingerprint density at radius 2 is 1.95 bits per heavy atom. The van der Waals surface area contributed by atoms with E-state index in [4.69, 9.17) is 10.5 Å². The first kappa shape index (κ1) is 31.3. The first-order valence-corrected chi connectivity index (χ1v) is 16.7. The van der Waals surface area contributed by atoms with E-state index in [1.165, 1.54) is 0 Å². The summed E-state index contributed by atoms with van der Waals surface area (Å²) in [6, 6.07) is 13.0. The van der Waals surface area contributed by atoms with Crippen molar-refractivity contribution in [2.75, 3.05) is 24.6 Å². The Kier molecular flexibility index (Phi) is 8.55. The van der Waals surface area contributed by atoms with Crippen LogP contribution in [0.3, 0.4) is 0 Å². The van der Waals surface area contributed by atoms with E-state index in [2.05, 4.69) is 18.1 Å². The second kappa shape index (κ2) is 11.7. The van der Waals surface area contributed by atoms with Gasteiger partial charge in [-0.15, -0.1) is 13.2 Å². The molecule has 2 unspecified atom stereocenters. The van der Waals surface area contributed by atoms with Crippen LogP contribution in [0.4, 0.5) is 5.69 Å². The van der Waals surface area contributed by atoms with Gasteiger partial charge in [0.25, 0.3) is 0 Å². The van der Waals surface area contributed by atoms with Crippen molar-refractivity contribution in [2.45, 2.75) is 73.6 Å². The number of ether oxygens (including phenoxy) is 1. The number of carbonyl (C=O) groups is 1. The highest BCUT2D eigenvalue weighted by atomic mass is 32.2. The lowest BCUT2D eigenvalue weighted by Crippen LogP contribution is -2.60. The Morgan fingerprint density at radius 3 is 2.58 bits per heavy atom. The number of hydrogen-bond acceptors (Lipinski definition) is 7. The molecule has 0 radical (unpaired) electrons. The number of amides is 1. The largest absolute Gasteiger partial charge is 0.490 e. The third-order valence-corrected chi connectivity index (χ3v) is 13.0. The number of benzene rings is 2. The average molecular weight is 609 g/mol. The van der Waals surface area contributed by atoms with Crippen molar-refractivity contribution in [3.8, 4) is 5.75 Å². The van der Waals surface area contributed by atoms with Crippen LogP contribution in [0.15, 0.2) is 67.8 Å². The molecule has 9 heteroatoms. The SMILES string of the molecule is C=CC[C@H](C(C)(C)O)S(=O)(=O)C1CCc2ccccc2C12COc1ccc(C(N)=O)cc1N(C[C@@H]1CC[C@H]1[C@@H](O)C=C)C2. The van der Waals surface area contributed by atoms with Gasteiger partial charge in [-0.1, -0.05) is 36.4 Å². The molecule has 2 aliphatic carbocycles. The smallest absolute Gasteiger partial charge is 0.248 e. The molecule has 5 rings (SSSR count). The molecule has 0 aromatic heterocycles. The van der Waals surface area contributed by atoms with E-state index in [1.54, 1.807) is 44.2 Å². The zero-order chi connectivity index (χ0) is 31.2. The second-order valence-electron chi connectivity index (χ2n) is 13.0. The highest BCUT2D eigenvalue weighted by molar-refractivity contribution is 7.92. The molecule has 8 nitrogen and oxygen atoms in total. The number of aliphatic hydroxyl groups is 2. The molecule has 3 aliphatic rings. The number of fused-ring (bicyclic) bond motifs is 3. The van der Waals surface area contributed by atoms with Crippen molar-refractivity contribution < 1.29 is 28.2 Å². The van der Waals surface area contributed by atoms with Crippen LogP contribution >= 0.6 is 0 Å². The fraction of sp³-hybridized carbons (Fsp3) is 0.500. The Balaban J connectivity index is 1.68. The summed E-state index contributed by atoms with van der Waals surface area (Å²) in [5.74, 6) is 0.148. The number of carbonyl (C=O) groups excluding carboxylic acids is 1. The minimum Gasteiger partial charge on any atom is -0.490 e. The molecule has 1 fully saturated rings. The molecule has 1 amide bonds. The number of primary amides is 1. The van der Waals surface area contributed by atoms with Gasteiger partial charge in [-0.05, 0) is 87.1 Å². The maximum Gasteiger partial charge on any atom is 0.248 e. The lowest BCUT2D eigenvalue weighted by Gasteiger charge is -2.49. The third kappa shape index (κ3) is 5.63. The molecule has 0 saturated heterocycles. The number of rotatable bonds is 10. The summed E-state index contributed by atoms with van der Waals surface area (Å²) in [6.07, 6.45) is 5.35. The van der Waals surface area contributed by atoms with Crippen LogP contribution in [0.5, 0.6) is 5.75 Å². The molecule has 1 saturated carbocycles. The number of anilines is 1. The molecule has 1 heterocycles. The van der Waals surface area contributed by atoms with Gasteiger partial charge in [-0.3, -0.25) is 4.79 Å². The van der Waals surface area contributed by atoms with Crippen molar-refractivity contribution in [3.63, 3.8) is 0 Å². The van der Waals surface area contributed by atoms with Gasteiger partial charge >= 0.3 is 0 Å². The Labute approximate surface area is 255 Å². The van der Waals surface area contributed by atoms with Crippen molar-refractivity contribution in [1.29, 1.82) is 0 Å². The summed E-state index contributed by atoms with van der Waals surface area (Å²) in [5.41, 5.74) is 6.21. The molecule has 0 bridgehead atoms. The molecule has 2 aromatic rings. The number of aliphatic hydroxyl groups excluding tert-OH is 1. The third-order valence-electron chi connectivity index (χ3n) is 9.96. The first-order valence-electron chi connectivity index (χ1n) is 15.1. The predicted octanol–water partition coefficient (Wildman–Crippen LogP) is 3.94. The number of allylic oxidation sites excluding steroid dienone is 1. The Morgan fingerprint density at radius 1 is 1.21 bits per heavy atom. The Hall–Kier alpha value is -3.14. The van der Waals surface area contributed by atoms with Gasteiger partial charge in [-0.2, -0.15) is 0 Å². The summed E-state index contributed by atoms with van der Waals surface area (Å²) < 4.78 is 36.0. The number of sulfone groups is 1. The lowest BCUT2D eigenvalue weighted by atomic mass is 9.68. The molecule has 2 aromatic carbocycles. The van der Waals surface area contributed by atoms with Crippen LogP contribution in [-0.2, 0) is 21.7 Å². The van der Waals surface area contributed by atoms with Gasteiger partial charge in [-0.25, -0.2) is 8.42 Å². The second-order valence-corrected chi connectivity index (χ2v) is 15.4. The zero-order valence-electron chi connectivity index (χ0n) is 25.1. The van der Waals surface area contributed by atoms with E-state index in [9.17, 15) is 23.4 Å². The standard InChI is InChI=1S/C34H44N2O6S/c1-5-9-30(33(3,4)39)43(40,41)31-17-14-22-10-7-8-11-26(22)34(31)20-36(19-24-12-15-25(24)28(37)6-2)27-18-23(32(35)38)13-16-29(27)42-21-34/h5-8,10-11,13,16,18,24-25,28,30-31,37,39H,1-2,9,12,14-15,17,19-21H2,3-4H3,(H2,35,38)/t24-,25+,28-,30+,31?,34?/m0/s1. The fourth-order valence-electron chi connectivity index (χ4n) is 7.58. The van der Waals surface area contributed by atoms with Crippen LogP contribution in [0.25, 0.3) is 0 Å². The maximum atomic E-state index is 14.7. The minimum absolute atomic E-state index is 0.0331. The zero-order valence-corrected chi connectivity index (χ0v) is 25.9. The van der Waals surface area contributed by atoms with E-state index in [0.717, 1.165) is 24.0 Å². The van der Waals surface area contributed by atoms with E-state index in [-0.39, 0.29) is 24.9 Å². The predicted molar refractivity (Wildman–Crippen MR) is 169 cm³/mol. The van der Waals surface area contributed by atoms with Crippen LogP contribution in [-0.4, -0.2) is 66.4 Å². The van der Waals surface area contributed by atoms with Crippen LogP contribution < -0.4 is 15.4 Å². The van der Waals surface area contributed by atoms with Crippen LogP contribution in [0.1, 0.15) is 61.0 Å². The van der Waals surface area contributed by atoms with Gasteiger partial charge in [0.05, 0.1) is 33.3 Å². The summed E-state index contributed by atoms with van der Waals surface area (Å²) in [4.78, 5) is 14.4. The molecule has 4 N–H and O–H groups in total. The number of hydrogen-bond donors (Lipinski definition) is 3. The van der Waals surface area contributed by atoms with Crippen molar-refractivity contribution in [2.24, 2.45) is 17.6 Å². The van der Waals surface area contributed by atoms with Gasteiger partial charge in [0.1, 0.15) is 12.4 Å². The van der Waals surface area contributed by atoms with E-state index >= 15 is 0 Å². The average Bonchev–Trinajstić information content (AvgIpc) is 3.10. The molecular formula is C34H44N2O6S. The van der Waals surface area contributed by atoms with E-state index < -0.39 is 43.4 Å². The van der Waals surface area contributed by atoms with Crippen LogP contribution in [0.2, 0.25) is 0 Å². The maximum absolute atomic E-state index is 14.7. The van der Waals surface area contributed by atoms with Gasteiger partial charge in [0, 0.05) is 18.7 Å². The fourth-order valence-corrected chi connectivity index (χ4v) is 10.5. The summed E-state index contributed by atoms with van der Waals surface area (Å²) >= 11 is 0. The highest BCUT2D eigenvalue weighted by Crippen LogP contribution is 2.49. The minimum atomic E-state index is -3.95. The molecule has 6 atom stereocenters. The normalized spacial score (nSPS) is 26.6. The van der Waals surface area contributed by atoms with E-state index in [1.807, 2.05) is 24.3 Å². The summed E-state index contributed by atoms with van der Waals surface area (Å²) in [7, 11) is -3.95. The molecule has 232 valence electrons. The monoisotopic (exact) mass is 608 g/mol. The van der Waals surface area contributed by atoms with Crippen molar-refractivity contribution >= 4 is 21.4 Å².